The van der Waals surface area contributed by atoms with Gasteiger partial charge in [0.15, 0.2) is 5.82 Å². The van der Waals surface area contributed by atoms with E-state index in [9.17, 15) is 0 Å². The Labute approximate surface area is 84.1 Å². The lowest BCUT2D eigenvalue weighted by atomic mass is 9.83. The summed E-state index contributed by atoms with van der Waals surface area (Å²) in [5.74, 6) is 3.41. The minimum absolute atomic E-state index is 0.0325. The van der Waals surface area contributed by atoms with Crippen molar-refractivity contribution in [2.45, 2.75) is 26.2 Å². The first-order valence-corrected chi connectivity index (χ1v) is 4.58. The molecule has 2 heterocycles. The van der Waals surface area contributed by atoms with Crippen LogP contribution in [0.25, 0.3) is 0 Å². The van der Waals surface area contributed by atoms with E-state index in [1.165, 1.54) is 0 Å². The maximum Gasteiger partial charge on any atom is 0.155 e. The molecule has 0 amide bonds. The van der Waals surface area contributed by atoms with Crippen LogP contribution in [0.2, 0.25) is 0 Å². The molecule has 2 nitrogen and oxygen atoms in total. The predicted octanol–water partition coefficient (Wildman–Crippen LogP) is 2.45. The standard InChI is InChI=1S/C12H12N2/c1-5-9-6-10-11(13-7-9)14-8(2)12(10,3)4/h1,6-7H,2-4H3. The largest absolute Gasteiger partial charge is 0.237 e. The second kappa shape index (κ2) is 2.68. The minimum atomic E-state index is -0.0325. The van der Waals surface area contributed by atoms with Gasteiger partial charge in [-0.2, -0.15) is 0 Å². The van der Waals surface area contributed by atoms with E-state index in [0.29, 0.717) is 0 Å². The van der Waals surface area contributed by atoms with Gasteiger partial charge in [0.2, 0.25) is 0 Å². The Bertz CT molecular complexity index is 462. The highest BCUT2D eigenvalue weighted by molar-refractivity contribution is 5.98. The quantitative estimate of drug-likeness (QED) is 0.568. The number of hydrogen-bond donors (Lipinski definition) is 0. The van der Waals surface area contributed by atoms with Crippen molar-refractivity contribution in [1.82, 2.24) is 4.98 Å². The molecule has 1 aliphatic rings. The number of aliphatic imine (C=N–C) groups is 1. The summed E-state index contributed by atoms with van der Waals surface area (Å²) in [6.45, 7) is 6.30. The van der Waals surface area contributed by atoms with Crippen LogP contribution >= 0.6 is 0 Å². The zero-order valence-electron chi connectivity index (χ0n) is 8.63. The predicted molar refractivity (Wildman–Crippen MR) is 58.0 cm³/mol. The van der Waals surface area contributed by atoms with Gasteiger partial charge in [0.1, 0.15) is 0 Å². The molecule has 14 heavy (non-hydrogen) atoms. The van der Waals surface area contributed by atoms with E-state index in [-0.39, 0.29) is 5.41 Å². The van der Waals surface area contributed by atoms with Gasteiger partial charge in [-0.25, -0.2) is 9.98 Å². The van der Waals surface area contributed by atoms with Crippen LogP contribution in [0.3, 0.4) is 0 Å². The monoisotopic (exact) mass is 184 g/mol. The fraction of sp³-hybridized carbons (Fsp3) is 0.333. The number of fused-ring (bicyclic) bond motifs is 1. The molecule has 1 aromatic rings. The lowest BCUT2D eigenvalue weighted by molar-refractivity contribution is 0.731. The van der Waals surface area contributed by atoms with Crippen LogP contribution < -0.4 is 0 Å². The molecular weight excluding hydrogens is 172 g/mol. The van der Waals surface area contributed by atoms with Crippen molar-refractivity contribution in [1.29, 1.82) is 0 Å². The molecule has 0 unspecified atom stereocenters. The molecule has 0 aromatic carbocycles. The molecule has 2 rings (SSSR count). The smallest absolute Gasteiger partial charge is 0.155 e. The molecule has 0 bridgehead atoms. The molecule has 0 atom stereocenters. The van der Waals surface area contributed by atoms with Gasteiger partial charge in [0.05, 0.1) is 0 Å². The Morgan fingerprint density at radius 3 is 2.79 bits per heavy atom. The molecule has 0 radical (unpaired) electrons. The normalized spacial score (nSPS) is 17.1. The lowest BCUT2D eigenvalue weighted by Gasteiger charge is -2.19. The summed E-state index contributed by atoms with van der Waals surface area (Å²) in [5, 5.41) is 0. The van der Waals surface area contributed by atoms with Gasteiger partial charge >= 0.3 is 0 Å². The van der Waals surface area contributed by atoms with Crippen molar-refractivity contribution in [2.75, 3.05) is 0 Å². The second-order valence-electron chi connectivity index (χ2n) is 4.06. The van der Waals surface area contributed by atoms with Crippen molar-refractivity contribution >= 4 is 11.5 Å². The zero-order valence-corrected chi connectivity index (χ0v) is 8.63. The van der Waals surface area contributed by atoms with E-state index < -0.39 is 0 Å². The van der Waals surface area contributed by atoms with Crippen LogP contribution in [-0.4, -0.2) is 10.7 Å². The van der Waals surface area contributed by atoms with Crippen molar-refractivity contribution in [3.05, 3.63) is 23.4 Å². The van der Waals surface area contributed by atoms with Crippen molar-refractivity contribution < 1.29 is 0 Å². The molecule has 0 spiro atoms. The van der Waals surface area contributed by atoms with E-state index in [2.05, 4.69) is 29.7 Å². The summed E-state index contributed by atoms with van der Waals surface area (Å²) in [5.41, 5.74) is 3.01. The lowest BCUT2D eigenvalue weighted by Crippen LogP contribution is -2.22. The zero-order chi connectivity index (χ0) is 10.3. The second-order valence-corrected chi connectivity index (χ2v) is 4.06. The first-order valence-electron chi connectivity index (χ1n) is 4.58. The van der Waals surface area contributed by atoms with E-state index in [1.807, 2.05) is 13.0 Å². The highest BCUT2D eigenvalue weighted by Crippen LogP contribution is 2.38. The molecule has 1 aliphatic heterocycles. The molecular formula is C12H12N2. The van der Waals surface area contributed by atoms with Crippen molar-refractivity contribution in [3.63, 3.8) is 0 Å². The third kappa shape index (κ3) is 1.06. The Kier molecular flexibility index (Phi) is 1.72. The molecule has 0 fully saturated rings. The average Bonchev–Trinajstić information content (AvgIpc) is 2.38. The molecule has 70 valence electrons. The topological polar surface area (TPSA) is 25.2 Å². The summed E-state index contributed by atoms with van der Waals surface area (Å²) in [4.78, 5) is 8.66. The molecule has 0 saturated carbocycles. The highest BCUT2D eigenvalue weighted by atomic mass is 14.9. The van der Waals surface area contributed by atoms with E-state index in [0.717, 1.165) is 22.7 Å². The molecule has 0 saturated heterocycles. The fourth-order valence-corrected chi connectivity index (χ4v) is 1.58. The van der Waals surface area contributed by atoms with Gasteiger partial charge in [-0.15, -0.1) is 6.42 Å². The van der Waals surface area contributed by atoms with Gasteiger partial charge in [-0.05, 0) is 13.0 Å². The van der Waals surface area contributed by atoms with Crippen LogP contribution in [0.15, 0.2) is 17.3 Å². The van der Waals surface area contributed by atoms with Crippen LogP contribution in [0.4, 0.5) is 5.82 Å². The number of pyridine rings is 1. The number of nitrogens with zero attached hydrogens (tertiary/aromatic N) is 2. The first-order chi connectivity index (χ1) is 6.55. The average molecular weight is 184 g/mol. The third-order valence-electron chi connectivity index (χ3n) is 2.88. The molecule has 0 aliphatic carbocycles. The minimum Gasteiger partial charge on any atom is -0.237 e. The Morgan fingerprint density at radius 2 is 2.14 bits per heavy atom. The number of aromatic nitrogens is 1. The number of hydrogen-bond acceptors (Lipinski definition) is 2. The summed E-state index contributed by atoms with van der Waals surface area (Å²) in [6.07, 6.45) is 7.03. The van der Waals surface area contributed by atoms with Crippen LogP contribution in [0, 0.1) is 12.3 Å². The van der Waals surface area contributed by atoms with E-state index in [1.54, 1.807) is 6.20 Å². The maximum atomic E-state index is 5.34. The van der Waals surface area contributed by atoms with E-state index >= 15 is 0 Å². The summed E-state index contributed by atoms with van der Waals surface area (Å²) in [6, 6.07) is 2.00. The van der Waals surface area contributed by atoms with Crippen LogP contribution in [0.1, 0.15) is 31.9 Å². The van der Waals surface area contributed by atoms with Gasteiger partial charge in [-0.3, -0.25) is 0 Å². The summed E-state index contributed by atoms with van der Waals surface area (Å²) < 4.78 is 0. The van der Waals surface area contributed by atoms with Crippen LogP contribution in [0.5, 0.6) is 0 Å². The van der Waals surface area contributed by atoms with Crippen molar-refractivity contribution in [2.24, 2.45) is 4.99 Å². The third-order valence-corrected chi connectivity index (χ3v) is 2.88. The summed E-state index contributed by atoms with van der Waals surface area (Å²) in [7, 11) is 0. The van der Waals surface area contributed by atoms with Gasteiger partial charge in [-0.1, -0.05) is 19.8 Å². The van der Waals surface area contributed by atoms with Gasteiger partial charge < -0.3 is 0 Å². The Balaban J connectivity index is 2.64. The SMILES string of the molecule is C#Cc1cnc2c(c1)C(C)(C)C(C)=N2. The maximum absolute atomic E-state index is 5.34. The van der Waals surface area contributed by atoms with Gasteiger partial charge in [0.25, 0.3) is 0 Å². The van der Waals surface area contributed by atoms with E-state index in [4.69, 9.17) is 6.42 Å². The van der Waals surface area contributed by atoms with Crippen molar-refractivity contribution in [3.8, 4) is 12.3 Å². The molecule has 2 heteroatoms. The van der Waals surface area contributed by atoms with Gasteiger partial charge in [0, 0.05) is 28.5 Å². The highest BCUT2D eigenvalue weighted by Gasteiger charge is 2.32. The fourth-order valence-electron chi connectivity index (χ4n) is 1.58. The Morgan fingerprint density at radius 1 is 1.43 bits per heavy atom. The first kappa shape index (κ1) is 8.96. The van der Waals surface area contributed by atoms with Crippen LogP contribution in [-0.2, 0) is 5.41 Å². The summed E-state index contributed by atoms with van der Waals surface area (Å²) >= 11 is 0. The number of terminal acetylenes is 1. The molecule has 0 N–H and O–H groups in total. The molecule has 1 aromatic heterocycles. The number of rotatable bonds is 0. The Hall–Kier alpha value is -1.62.